The van der Waals surface area contributed by atoms with Crippen molar-refractivity contribution in [1.29, 1.82) is 0 Å². The number of methoxy groups -OCH3 is 2. The quantitative estimate of drug-likeness (QED) is 0.786. The van der Waals surface area contributed by atoms with Crippen LogP contribution in [-0.2, 0) is 11.2 Å². The summed E-state index contributed by atoms with van der Waals surface area (Å²) in [4.78, 5) is 26.3. The molecule has 7 heteroatoms. The molecule has 0 fully saturated rings. The highest BCUT2D eigenvalue weighted by Crippen LogP contribution is 2.41. The number of carboxylic acid groups (broad SMARTS) is 1. The first kappa shape index (κ1) is 21.5. The van der Waals surface area contributed by atoms with Crippen molar-refractivity contribution < 1.29 is 24.2 Å². The van der Waals surface area contributed by atoms with E-state index < -0.39 is 18.0 Å². The van der Waals surface area contributed by atoms with Crippen molar-refractivity contribution in [1.82, 2.24) is 10.2 Å². The summed E-state index contributed by atoms with van der Waals surface area (Å²) < 4.78 is 10.9. The summed E-state index contributed by atoms with van der Waals surface area (Å²) in [5, 5.41) is 14.1. The number of benzene rings is 2. The van der Waals surface area contributed by atoms with E-state index in [0.29, 0.717) is 24.5 Å². The van der Waals surface area contributed by atoms with E-state index in [2.05, 4.69) is 5.32 Å². The smallest absolute Gasteiger partial charge is 0.318 e. The third kappa shape index (κ3) is 4.20. The Labute approximate surface area is 176 Å². The van der Waals surface area contributed by atoms with Crippen LogP contribution in [-0.4, -0.2) is 43.7 Å². The van der Waals surface area contributed by atoms with Gasteiger partial charge < -0.3 is 29.6 Å². The van der Waals surface area contributed by atoms with Gasteiger partial charge in [-0.05, 0) is 41.2 Å². The first-order chi connectivity index (χ1) is 14.4. The van der Waals surface area contributed by atoms with Gasteiger partial charge in [-0.15, -0.1) is 0 Å². The number of aliphatic carboxylic acids is 1. The van der Waals surface area contributed by atoms with E-state index in [1.54, 1.807) is 33.0 Å². The Morgan fingerprint density at radius 2 is 1.73 bits per heavy atom. The standard InChI is InChI=1S/C23H28N2O5/c1-14(2)20(22(26)27)24-23(28)25-11-10-16-12-18(29-3)19(30-4)13-17(16)21(25)15-8-6-5-7-9-15/h5-9,12-14,20-21H,10-11H2,1-4H3,(H,24,28)(H,26,27)/p-1/t20-,21+/m0/s1. The number of urea groups is 1. The maximum Gasteiger partial charge on any atom is 0.318 e. The maximum atomic E-state index is 13.2. The Bertz CT molecular complexity index is 913. The molecule has 7 nitrogen and oxygen atoms in total. The minimum Gasteiger partial charge on any atom is -0.548 e. The topological polar surface area (TPSA) is 90.9 Å². The molecule has 1 N–H and O–H groups in total. The van der Waals surface area contributed by atoms with Crippen LogP contribution in [0.15, 0.2) is 42.5 Å². The normalized spacial score (nSPS) is 16.6. The van der Waals surface area contributed by atoms with Gasteiger partial charge >= 0.3 is 6.03 Å². The summed E-state index contributed by atoms with van der Waals surface area (Å²) in [5.41, 5.74) is 2.91. The molecule has 2 amide bonds. The number of rotatable bonds is 6. The van der Waals surface area contributed by atoms with Crippen molar-refractivity contribution in [2.75, 3.05) is 20.8 Å². The summed E-state index contributed by atoms with van der Waals surface area (Å²) >= 11 is 0. The molecule has 0 saturated carbocycles. The summed E-state index contributed by atoms with van der Waals surface area (Å²) in [6.45, 7) is 3.90. The van der Waals surface area contributed by atoms with E-state index >= 15 is 0 Å². The van der Waals surface area contributed by atoms with Crippen LogP contribution in [0.2, 0.25) is 0 Å². The van der Waals surface area contributed by atoms with Gasteiger partial charge in [0.1, 0.15) is 0 Å². The third-order valence-corrected chi connectivity index (χ3v) is 5.45. The van der Waals surface area contributed by atoms with Crippen LogP contribution >= 0.6 is 0 Å². The monoisotopic (exact) mass is 411 g/mol. The minimum atomic E-state index is -1.29. The number of carbonyl (C=O) groups excluding carboxylic acids is 2. The predicted octanol–water partition coefficient (Wildman–Crippen LogP) is 2.14. The van der Waals surface area contributed by atoms with Crippen molar-refractivity contribution >= 4 is 12.0 Å². The molecule has 0 bridgehead atoms. The van der Waals surface area contributed by atoms with Gasteiger partial charge in [0.2, 0.25) is 0 Å². The van der Waals surface area contributed by atoms with Crippen LogP contribution in [0, 0.1) is 5.92 Å². The largest absolute Gasteiger partial charge is 0.548 e. The number of fused-ring (bicyclic) bond motifs is 1. The molecule has 2 aromatic rings. The molecule has 30 heavy (non-hydrogen) atoms. The van der Waals surface area contributed by atoms with Gasteiger partial charge in [-0.1, -0.05) is 44.2 Å². The maximum absolute atomic E-state index is 13.2. The molecule has 0 unspecified atom stereocenters. The number of carboxylic acids is 1. The Hall–Kier alpha value is -3.22. The summed E-state index contributed by atoms with van der Waals surface area (Å²) in [6, 6.07) is 11.6. The lowest BCUT2D eigenvalue weighted by Gasteiger charge is -2.39. The lowest BCUT2D eigenvalue weighted by atomic mass is 9.88. The second-order valence-corrected chi connectivity index (χ2v) is 7.65. The van der Waals surface area contributed by atoms with Crippen molar-refractivity contribution in [3.8, 4) is 11.5 Å². The Morgan fingerprint density at radius 1 is 1.10 bits per heavy atom. The van der Waals surface area contributed by atoms with Gasteiger partial charge in [0.25, 0.3) is 0 Å². The Kier molecular flexibility index (Phi) is 6.50. The zero-order chi connectivity index (χ0) is 21.8. The van der Waals surface area contributed by atoms with Crippen LogP contribution in [0.4, 0.5) is 4.79 Å². The van der Waals surface area contributed by atoms with E-state index in [0.717, 1.165) is 16.7 Å². The first-order valence-electron chi connectivity index (χ1n) is 9.95. The van der Waals surface area contributed by atoms with Crippen molar-refractivity contribution in [2.24, 2.45) is 5.92 Å². The molecule has 0 spiro atoms. The fourth-order valence-electron chi connectivity index (χ4n) is 3.87. The molecular formula is C23H27N2O5-. The fourth-order valence-corrected chi connectivity index (χ4v) is 3.87. The van der Waals surface area contributed by atoms with Crippen LogP contribution in [0.3, 0.4) is 0 Å². The van der Waals surface area contributed by atoms with Crippen molar-refractivity contribution in [3.63, 3.8) is 0 Å². The van der Waals surface area contributed by atoms with Gasteiger partial charge in [0.15, 0.2) is 11.5 Å². The highest BCUT2D eigenvalue weighted by Gasteiger charge is 2.34. The van der Waals surface area contributed by atoms with E-state index in [4.69, 9.17) is 9.47 Å². The molecule has 0 aliphatic carbocycles. The molecule has 1 aliphatic heterocycles. The number of hydrogen-bond donors (Lipinski definition) is 1. The van der Waals surface area contributed by atoms with E-state index in [1.807, 2.05) is 42.5 Å². The van der Waals surface area contributed by atoms with Crippen molar-refractivity contribution in [2.45, 2.75) is 32.4 Å². The lowest BCUT2D eigenvalue weighted by molar-refractivity contribution is -0.309. The lowest BCUT2D eigenvalue weighted by Crippen LogP contribution is -2.55. The number of amides is 2. The first-order valence-corrected chi connectivity index (χ1v) is 9.95. The van der Waals surface area contributed by atoms with Crippen molar-refractivity contribution in [3.05, 3.63) is 59.2 Å². The Balaban J connectivity index is 2.05. The molecule has 3 rings (SSSR count). The number of ether oxygens (including phenoxy) is 2. The van der Waals surface area contributed by atoms with E-state index in [1.165, 1.54) is 0 Å². The van der Waals surface area contributed by atoms with Gasteiger partial charge in [-0.25, -0.2) is 4.79 Å². The van der Waals surface area contributed by atoms with Crippen LogP contribution in [0.25, 0.3) is 0 Å². The highest BCUT2D eigenvalue weighted by atomic mass is 16.5. The SMILES string of the molecule is COc1cc2c(cc1OC)[C@@H](c1ccccc1)N(C(=O)N[C@H](C(=O)[O-])C(C)C)CC2. The summed E-state index contributed by atoms with van der Waals surface area (Å²) in [5.74, 6) is -0.374. The molecular weight excluding hydrogens is 384 g/mol. The zero-order valence-corrected chi connectivity index (χ0v) is 17.7. The third-order valence-electron chi connectivity index (χ3n) is 5.45. The summed E-state index contributed by atoms with van der Waals surface area (Å²) in [6.07, 6.45) is 0.615. The number of nitrogens with zero attached hydrogens (tertiary/aromatic N) is 1. The second kappa shape index (κ2) is 9.07. The molecule has 0 saturated heterocycles. The number of hydrogen-bond acceptors (Lipinski definition) is 5. The van der Waals surface area contributed by atoms with Crippen LogP contribution in [0.1, 0.15) is 36.6 Å². The Morgan fingerprint density at radius 3 is 2.30 bits per heavy atom. The van der Waals surface area contributed by atoms with Crippen LogP contribution in [0.5, 0.6) is 11.5 Å². The molecule has 1 heterocycles. The predicted molar refractivity (Wildman–Crippen MR) is 110 cm³/mol. The summed E-state index contributed by atoms with van der Waals surface area (Å²) in [7, 11) is 3.16. The highest BCUT2D eigenvalue weighted by molar-refractivity contribution is 5.82. The zero-order valence-electron chi connectivity index (χ0n) is 17.7. The van der Waals surface area contributed by atoms with Gasteiger partial charge in [0.05, 0.1) is 32.3 Å². The van der Waals surface area contributed by atoms with Gasteiger partial charge in [0, 0.05) is 6.54 Å². The fraction of sp³-hybridized carbons (Fsp3) is 0.391. The second-order valence-electron chi connectivity index (χ2n) is 7.65. The van der Waals surface area contributed by atoms with E-state index in [-0.39, 0.29) is 12.0 Å². The molecule has 160 valence electrons. The molecule has 0 radical (unpaired) electrons. The minimum absolute atomic E-state index is 0.296. The van der Waals surface area contributed by atoms with Crippen LogP contribution < -0.4 is 19.9 Å². The number of nitrogens with one attached hydrogen (secondary N) is 1. The van der Waals surface area contributed by atoms with Gasteiger partial charge in [-0.3, -0.25) is 0 Å². The molecule has 1 aliphatic rings. The molecule has 2 atom stereocenters. The average Bonchev–Trinajstić information content (AvgIpc) is 2.75. The molecule has 0 aromatic heterocycles. The van der Waals surface area contributed by atoms with Gasteiger partial charge in [-0.2, -0.15) is 0 Å². The van der Waals surface area contributed by atoms with E-state index in [9.17, 15) is 14.7 Å². The average molecular weight is 411 g/mol. The number of carbonyl (C=O) groups is 2. The molecule has 2 aromatic carbocycles.